The number of aryl methyl sites for hydroxylation is 1. The van der Waals surface area contributed by atoms with E-state index >= 15 is 0 Å². The van der Waals surface area contributed by atoms with Gasteiger partial charge >= 0.3 is 5.97 Å². The molecule has 0 aliphatic carbocycles. The van der Waals surface area contributed by atoms with Gasteiger partial charge in [0.25, 0.3) is 0 Å². The lowest BCUT2D eigenvalue weighted by Crippen LogP contribution is -2.36. The van der Waals surface area contributed by atoms with Gasteiger partial charge in [-0.15, -0.1) is 0 Å². The Hall–Kier alpha value is -1.91. The average Bonchev–Trinajstić information content (AvgIpc) is 2.28. The lowest BCUT2D eigenvalue weighted by Gasteiger charge is -2.23. The molecule has 1 aromatic heterocycles. The number of amides is 1. The molecule has 0 spiro atoms. The van der Waals surface area contributed by atoms with E-state index in [9.17, 15) is 9.59 Å². The Morgan fingerprint density at radius 2 is 2.38 bits per heavy atom. The van der Waals surface area contributed by atoms with Gasteiger partial charge in [-0.05, 0) is 25.0 Å². The van der Waals surface area contributed by atoms with Crippen LogP contribution < -0.4 is 5.32 Å². The maximum absolute atomic E-state index is 11.6. The van der Waals surface area contributed by atoms with E-state index in [0.717, 1.165) is 16.9 Å². The van der Waals surface area contributed by atoms with Crippen LogP contribution in [-0.4, -0.2) is 24.0 Å². The van der Waals surface area contributed by atoms with Crippen molar-refractivity contribution in [1.82, 2.24) is 4.98 Å². The Kier molecular flexibility index (Phi) is 2.60. The lowest BCUT2D eigenvalue weighted by molar-refractivity contribution is -0.148. The number of carbonyl (C=O) groups excluding carboxylic acids is 2. The van der Waals surface area contributed by atoms with E-state index in [0.29, 0.717) is 6.42 Å². The third-order valence-corrected chi connectivity index (χ3v) is 2.74. The maximum atomic E-state index is 11.6. The largest absolute Gasteiger partial charge is 0.468 e. The van der Waals surface area contributed by atoms with E-state index < -0.39 is 11.9 Å². The highest BCUT2D eigenvalue weighted by Crippen LogP contribution is 2.27. The Balaban J connectivity index is 2.37. The number of hydrogen-bond acceptors (Lipinski definition) is 4. The molecule has 1 aliphatic heterocycles. The van der Waals surface area contributed by atoms with E-state index in [1.54, 1.807) is 12.3 Å². The Morgan fingerprint density at radius 1 is 1.62 bits per heavy atom. The summed E-state index contributed by atoms with van der Waals surface area (Å²) in [6.45, 7) is 1.85. The summed E-state index contributed by atoms with van der Waals surface area (Å²) in [5.41, 5.74) is 2.46. The van der Waals surface area contributed by atoms with E-state index in [4.69, 9.17) is 0 Å². The minimum Gasteiger partial charge on any atom is -0.468 e. The van der Waals surface area contributed by atoms with Gasteiger partial charge in [0.1, 0.15) is 5.92 Å². The van der Waals surface area contributed by atoms with Gasteiger partial charge in [0.2, 0.25) is 5.91 Å². The SMILES string of the molecule is COC(=O)C1Cc2c(ccnc2C)NC1=O. The summed E-state index contributed by atoms with van der Waals surface area (Å²) in [7, 11) is 1.28. The fourth-order valence-corrected chi connectivity index (χ4v) is 1.82. The van der Waals surface area contributed by atoms with E-state index in [1.807, 2.05) is 6.92 Å². The molecule has 84 valence electrons. The zero-order valence-corrected chi connectivity index (χ0v) is 9.11. The molecule has 5 nitrogen and oxygen atoms in total. The van der Waals surface area contributed by atoms with Crippen molar-refractivity contribution in [3.63, 3.8) is 0 Å². The number of nitrogens with one attached hydrogen (secondary N) is 1. The quantitative estimate of drug-likeness (QED) is 0.558. The highest BCUT2D eigenvalue weighted by atomic mass is 16.5. The summed E-state index contributed by atoms with van der Waals surface area (Å²) in [5.74, 6) is -1.59. The molecule has 1 amide bonds. The fraction of sp³-hybridized carbons (Fsp3) is 0.364. The number of ether oxygens (including phenoxy) is 1. The minimum atomic E-state index is -0.764. The molecule has 1 aliphatic rings. The first-order valence-electron chi connectivity index (χ1n) is 4.96. The van der Waals surface area contributed by atoms with Gasteiger partial charge in [-0.25, -0.2) is 0 Å². The predicted octanol–water partition coefficient (Wildman–Crippen LogP) is 0.674. The molecule has 0 saturated heterocycles. The molecule has 16 heavy (non-hydrogen) atoms. The molecule has 1 aromatic rings. The maximum Gasteiger partial charge on any atom is 0.318 e. The normalized spacial score (nSPS) is 18.6. The summed E-state index contributed by atoms with van der Waals surface area (Å²) in [4.78, 5) is 27.2. The van der Waals surface area contributed by atoms with Crippen molar-refractivity contribution in [2.24, 2.45) is 5.92 Å². The van der Waals surface area contributed by atoms with Crippen LogP contribution in [0.15, 0.2) is 12.3 Å². The highest BCUT2D eigenvalue weighted by molar-refractivity contribution is 6.07. The number of pyridine rings is 1. The molecule has 0 bridgehead atoms. The van der Waals surface area contributed by atoms with E-state index in [2.05, 4.69) is 15.0 Å². The molecule has 0 fully saturated rings. The Bertz CT molecular complexity index is 457. The molecule has 1 unspecified atom stereocenters. The van der Waals surface area contributed by atoms with Crippen LogP contribution in [0.25, 0.3) is 0 Å². The van der Waals surface area contributed by atoms with E-state index in [1.165, 1.54) is 7.11 Å². The van der Waals surface area contributed by atoms with Gasteiger partial charge in [-0.2, -0.15) is 0 Å². The number of rotatable bonds is 1. The third kappa shape index (κ3) is 1.64. The van der Waals surface area contributed by atoms with Crippen LogP contribution in [0.3, 0.4) is 0 Å². The van der Waals surface area contributed by atoms with Crippen molar-refractivity contribution in [2.45, 2.75) is 13.3 Å². The van der Waals surface area contributed by atoms with Gasteiger partial charge in [0, 0.05) is 17.6 Å². The molecule has 2 heterocycles. The first kappa shape index (κ1) is 10.6. The molecular formula is C11H12N2O3. The zero-order valence-electron chi connectivity index (χ0n) is 9.11. The number of fused-ring (bicyclic) bond motifs is 1. The zero-order chi connectivity index (χ0) is 11.7. The number of hydrogen-bond donors (Lipinski definition) is 1. The monoisotopic (exact) mass is 220 g/mol. The molecule has 1 atom stereocenters. The first-order chi connectivity index (χ1) is 7.63. The summed E-state index contributed by atoms with van der Waals surface area (Å²) in [5, 5.41) is 2.69. The molecule has 0 saturated carbocycles. The predicted molar refractivity (Wildman–Crippen MR) is 56.8 cm³/mol. The Morgan fingerprint density at radius 3 is 3.06 bits per heavy atom. The van der Waals surface area contributed by atoms with Crippen LogP contribution >= 0.6 is 0 Å². The smallest absolute Gasteiger partial charge is 0.318 e. The van der Waals surface area contributed by atoms with Crippen molar-refractivity contribution in [3.05, 3.63) is 23.5 Å². The van der Waals surface area contributed by atoms with Crippen molar-refractivity contribution >= 4 is 17.6 Å². The molecule has 1 N–H and O–H groups in total. The average molecular weight is 220 g/mol. The van der Waals surface area contributed by atoms with Gasteiger partial charge in [0.15, 0.2) is 0 Å². The molecule has 0 radical (unpaired) electrons. The van der Waals surface area contributed by atoms with Crippen molar-refractivity contribution < 1.29 is 14.3 Å². The van der Waals surface area contributed by atoms with Crippen LogP contribution in [0.5, 0.6) is 0 Å². The van der Waals surface area contributed by atoms with Gasteiger partial charge < -0.3 is 10.1 Å². The standard InChI is InChI=1S/C11H12N2O3/c1-6-7-5-8(11(15)16-2)10(14)13-9(7)3-4-12-6/h3-4,8H,5H2,1-2H3,(H,13,14). The first-order valence-corrected chi connectivity index (χ1v) is 4.96. The van der Waals surface area contributed by atoms with Crippen LogP contribution in [0, 0.1) is 12.8 Å². The molecule has 0 aromatic carbocycles. The summed E-state index contributed by atoms with van der Waals surface area (Å²) in [6, 6.07) is 1.73. The van der Waals surface area contributed by atoms with Gasteiger partial charge in [-0.1, -0.05) is 0 Å². The number of anilines is 1. The highest BCUT2D eigenvalue weighted by Gasteiger charge is 2.33. The van der Waals surface area contributed by atoms with Crippen LogP contribution in [-0.2, 0) is 20.7 Å². The number of aromatic nitrogens is 1. The van der Waals surface area contributed by atoms with Crippen molar-refractivity contribution in [2.75, 3.05) is 12.4 Å². The number of carbonyl (C=O) groups is 2. The summed E-state index contributed by atoms with van der Waals surface area (Å²) >= 11 is 0. The van der Waals surface area contributed by atoms with Crippen LogP contribution in [0.1, 0.15) is 11.3 Å². The summed E-state index contributed by atoms with van der Waals surface area (Å²) in [6.07, 6.45) is 1.99. The molecular weight excluding hydrogens is 208 g/mol. The Labute approximate surface area is 92.8 Å². The third-order valence-electron chi connectivity index (χ3n) is 2.74. The second-order valence-corrected chi connectivity index (χ2v) is 3.69. The minimum absolute atomic E-state index is 0.315. The number of esters is 1. The second-order valence-electron chi connectivity index (χ2n) is 3.69. The molecule has 5 heteroatoms. The van der Waals surface area contributed by atoms with E-state index in [-0.39, 0.29) is 5.91 Å². The van der Waals surface area contributed by atoms with Crippen molar-refractivity contribution in [1.29, 1.82) is 0 Å². The topological polar surface area (TPSA) is 68.3 Å². The number of nitrogens with zero attached hydrogens (tertiary/aromatic N) is 1. The second kappa shape index (κ2) is 3.92. The fourth-order valence-electron chi connectivity index (χ4n) is 1.82. The summed E-state index contributed by atoms with van der Waals surface area (Å²) < 4.78 is 4.59. The van der Waals surface area contributed by atoms with Crippen molar-refractivity contribution in [3.8, 4) is 0 Å². The van der Waals surface area contributed by atoms with Crippen LogP contribution in [0.2, 0.25) is 0 Å². The number of methoxy groups -OCH3 is 1. The van der Waals surface area contributed by atoms with Gasteiger partial charge in [0.05, 0.1) is 7.11 Å². The lowest BCUT2D eigenvalue weighted by atomic mass is 9.92. The molecule has 2 rings (SSSR count). The van der Waals surface area contributed by atoms with Crippen LogP contribution in [0.4, 0.5) is 5.69 Å². The van der Waals surface area contributed by atoms with Gasteiger partial charge in [-0.3, -0.25) is 14.6 Å².